The quantitative estimate of drug-likeness (QED) is 0.724. The molecule has 0 saturated carbocycles. The minimum absolute atomic E-state index is 0.211. The van der Waals surface area contributed by atoms with Crippen LogP contribution in [0.15, 0.2) is 30.3 Å². The molecule has 124 valence electrons. The van der Waals surface area contributed by atoms with Gasteiger partial charge in [0.15, 0.2) is 0 Å². The van der Waals surface area contributed by atoms with E-state index in [4.69, 9.17) is 0 Å². The van der Waals surface area contributed by atoms with Gasteiger partial charge in [-0.25, -0.2) is 9.44 Å². The third kappa shape index (κ3) is 5.68. The lowest BCUT2D eigenvalue weighted by Gasteiger charge is -2.28. The average Bonchev–Trinajstić information content (AvgIpc) is 3.05. The normalized spacial score (nSPS) is 17.7. The van der Waals surface area contributed by atoms with Gasteiger partial charge in [-0.15, -0.1) is 0 Å². The molecule has 1 aliphatic heterocycles. The zero-order valence-electron chi connectivity index (χ0n) is 13.3. The number of benzene rings is 1. The maximum absolute atomic E-state index is 11.9. The first kappa shape index (κ1) is 17.4. The fourth-order valence-corrected chi connectivity index (χ4v) is 3.80. The zero-order chi connectivity index (χ0) is 15.8. The second-order valence-corrected chi connectivity index (χ2v) is 7.42. The smallest absolute Gasteiger partial charge is 0.276 e. The minimum atomic E-state index is -3.39. The fourth-order valence-electron chi connectivity index (χ4n) is 2.82. The van der Waals surface area contributed by atoms with E-state index < -0.39 is 10.2 Å². The molecule has 0 aromatic heterocycles. The van der Waals surface area contributed by atoms with Gasteiger partial charge in [-0.1, -0.05) is 37.3 Å². The van der Waals surface area contributed by atoms with Gasteiger partial charge in [0, 0.05) is 19.1 Å². The molecule has 1 unspecified atom stereocenters. The van der Waals surface area contributed by atoms with E-state index in [0.717, 1.165) is 25.9 Å². The Bertz CT molecular complexity index is 528. The maximum atomic E-state index is 11.9. The van der Waals surface area contributed by atoms with Crippen LogP contribution >= 0.6 is 0 Å². The van der Waals surface area contributed by atoms with Crippen LogP contribution < -0.4 is 9.44 Å². The van der Waals surface area contributed by atoms with E-state index in [-0.39, 0.29) is 6.04 Å². The molecular formula is C16H27N3O2S. The van der Waals surface area contributed by atoms with Crippen molar-refractivity contribution in [1.29, 1.82) is 0 Å². The molecule has 1 fully saturated rings. The van der Waals surface area contributed by atoms with Gasteiger partial charge in [-0.05, 0) is 44.3 Å². The number of hydrogen-bond donors (Lipinski definition) is 2. The summed E-state index contributed by atoms with van der Waals surface area (Å²) in [5.41, 5.74) is 1.25. The molecule has 0 spiro atoms. The Morgan fingerprint density at radius 1 is 1.14 bits per heavy atom. The summed E-state index contributed by atoms with van der Waals surface area (Å²) in [7, 11) is -3.39. The van der Waals surface area contributed by atoms with Gasteiger partial charge in [-0.2, -0.15) is 8.42 Å². The summed E-state index contributed by atoms with van der Waals surface area (Å²) in [6.45, 7) is 4.99. The molecule has 6 heteroatoms. The zero-order valence-corrected chi connectivity index (χ0v) is 14.1. The van der Waals surface area contributed by atoms with E-state index in [0.29, 0.717) is 13.1 Å². The van der Waals surface area contributed by atoms with Crippen molar-refractivity contribution in [3.8, 4) is 0 Å². The molecule has 0 aliphatic carbocycles. The average molecular weight is 325 g/mol. The molecule has 1 aromatic carbocycles. The summed E-state index contributed by atoms with van der Waals surface area (Å²) >= 11 is 0. The minimum Gasteiger partial charge on any atom is -0.299 e. The van der Waals surface area contributed by atoms with E-state index in [1.165, 1.54) is 18.4 Å². The van der Waals surface area contributed by atoms with Crippen molar-refractivity contribution < 1.29 is 8.42 Å². The standard InChI is InChI=1S/C16H27N3O2S/c1-2-10-17-22(20,21)18-14-16(19-11-6-7-12-19)13-15-8-4-3-5-9-15/h3-5,8-9,16-18H,2,6-7,10-14H2,1H3. The Morgan fingerprint density at radius 2 is 1.82 bits per heavy atom. The fraction of sp³-hybridized carbons (Fsp3) is 0.625. The highest BCUT2D eigenvalue weighted by Crippen LogP contribution is 2.15. The summed E-state index contributed by atoms with van der Waals surface area (Å²) in [5.74, 6) is 0. The monoisotopic (exact) mass is 325 g/mol. The van der Waals surface area contributed by atoms with Gasteiger partial charge in [-0.3, -0.25) is 4.90 Å². The van der Waals surface area contributed by atoms with Crippen LogP contribution in [0.25, 0.3) is 0 Å². The summed E-state index contributed by atoms with van der Waals surface area (Å²) in [6.07, 6.45) is 4.07. The lowest BCUT2D eigenvalue weighted by molar-refractivity contribution is 0.241. The van der Waals surface area contributed by atoms with Crippen LogP contribution in [-0.4, -0.2) is 45.5 Å². The first-order chi connectivity index (χ1) is 10.6. The Balaban J connectivity index is 1.96. The molecule has 1 atom stereocenters. The van der Waals surface area contributed by atoms with Crippen LogP contribution in [0.2, 0.25) is 0 Å². The second kappa shape index (κ2) is 8.62. The topological polar surface area (TPSA) is 61.4 Å². The number of nitrogens with zero attached hydrogens (tertiary/aromatic N) is 1. The maximum Gasteiger partial charge on any atom is 0.276 e. The van der Waals surface area contributed by atoms with Crippen molar-refractivity contribution in [3.63, 3.8) is 0 Å². The molecule has 2 rings (SSSR count). The molecule has 1 heterocycles. The van der Waals surface area contributed by atoms with Crippen LogP contribution in [0.5, 0.6) is 0 Å². The summed E-state index contributed by atoms with van der Waals surface area (Å²) in [5, 5.41) is 0. The van der Waals surface area contributed by atoms with Crippen molar-refractivity contribution in [2.45, 2.75) is 38.6 Å². The second-order valence-electron chi connectivity index (χ2n) is 5.83. The van der Waals surface area contributed by atoms with Gasteiger partial charge in [0.1, 0.15) is 0 Å². The highest BCUT2D eigenvalue weighted by molar-refractivity contribution is 7.87. The first-order valence-corrected chi connectivity index (χ1v) is 9.61. The predicted octanol–water partition coefficient (Wildman–Crippen LogP) is 1.53. The van der Waals surface area contributed by atoms with Gasteiger partial charge in [0.25, 0.3) is 10.2 Å². The molecule has 0 amide bonds. The number of nitrogens with one attached hydrogen (secondary N) is 2. The van der Waals surface area contributed by atoms with Crippen molar-refractivity contribution in [2.24, 2.45) is 0 Å². The van der Waals surface area contributed by atoms with Crippen LogP contribution in [0.3, 0.4) is 0 Å². The third-order valence-electron chi connectivity index (χ3n) is 4.02. The Labute approximate surface area is 134 Å². The number of likely N-dealkylation sites (tertiary alicyclic amines) is 1. The van der Waals surface area contributed by atoms with E-state index in [1.54, 1.807) is 0 Å². The SMILES string of the molecule is CCCNS(=O)(=O)NCC(Cc1ccccc1)N1CCCC1. The van der Waals surface area contributed by atoms with Gasteiger partial charge in [0.05, 0.1) is 0 Å². The van der Waals surface area contributed by atoms with Crippen LogP contribution in [-0.2, 0) is 16.6 Å². The molecule has 22 heavy (non-hydrogen) atoms. The van der Waals surface area contributed by atoms with Crippen LogP contribution in [0, 0.1) is 0 Å². The summed E-state index contributed by atoms with van der Waals surface area (Å²) in [6, 6.07) is 10.5. The van der Waals surface area contributed by atoms with Gasteiger partial charge >= 0.3 is 0 Å². The van der Waals surface area contributed by atoms with Crippen LogP contribution in [0.4, 0.5) is 0 Å². The molecular weight excluding hydrogens is 298 g/mol. The highest BCUT2D eigenvalue weighted by Gasteiger charge is 2.23. The molecule has 5 nitrogen and oxygen atoms in total. The Kier molecular flexibility index (Phi) is 6.82. The number of hydrogen-bond acceptors (Lipinski definition) is 3. The first-order valence-electron chi connectivity index (χ1n) is 8.13. The van der Waals surface area contributed by atoms with Crippen molar-refractivity contribution in [2.75, 3.05) is 26.2 Å². The molecule has 1 aliphatic rings. The number of rotatable bonds is 9. The Hall–Kier alpha value is -0.950. The van der Waals surface area contributed by atoms with E-state index >= 15 is 0 Å². The van der Waals surface area contributed by atoms with E-state index in [9.17, 15) is 8.42 Å². The molecule has 1 aromatic rings. The summed E-state index contributed by atoms with van der Waals surface area (Å²) < 4.78 is 29.1. The lowest BCUT2D eigenvalue weighted by Crippen LogP contribution is -2.47. The third-order valence-corrected chi connectivity index (χ3v) is 5.15. The molecule has 0 bridgehead atoms. The predicted molar refractivity (Wildman–Crippen MR) is 90.0 cm³/mol. The molecule has 0 radical (unpaired) electrons. The van der Waals surface area contributed by atoms with Crippen molar-refractivity contribution in [3.05, 3.63) is 35.9 Å². The van der Waals surface area contributed by atoms with E-state index in [1.807, 2.05) is 25.1 Å². The van der Waals surface area contributed by atoms with E-state index in [2.05, 4.69) is 26.5 Å². The molecule has 2 N–H and O–H groups in total. The van der Waals surface area contributed by atoms with Crippen molar-refractivity contribution >= 4 is 10.2 Å². The van der Waals surface area contributed by atoms with Crippen molar-refractivity contribution in [1.82, 2.24) is 14.3 Å². The highest BCUT2D eigenvalue weighted by atomic mass is 32.2. The largest absolute Gasteiger partial charge is 0.299 e. The molecule has 1 saturated heterocycles. The van der Waals surface area contributed by atoms with Crippen LogP contribution in [0.1, 0.15) is 31.7 Å². The Morgan fingerprint density at radius 3 is 2.45 bits per heavy atom. The lowest BCUT2D eigenvalue weighted by atomic mass is 10.1. The summed E-state index contributed by atoms with van der Waals surface area (Å²) in [4.78, 5) is 2.40. The van der Waals surface area contributed by atoms with Gasteiger partial charge < -0.3 is 0 Å². The van der Waals surface area contributed by atoms with Gasteiger partial charge in [0.2, 0.25) is 0 Å².